The molecule has 1 aromatic carbocycles. The molecule has 82 valence electrons. The van der Waals surface area contributed by atoms with Gasteiger partial charge in [0.2, 0.25) is 9.84 Å². The Labute approximate surface area is 86.3 Å². The highest BCUT2D eigenvalue weighted by molar-refractivity contribution is 7.93. The highest BCUT2D eigenvalue weighted by atomic mass is 32.2. The minimum absolute atomic E-state index is 0.350. The summed E-state index contributed by atoms with van der Waals surface area (Å²) in [7, 11) is -4.50. The minimum Gasteiger partial charge on any atom is -0.478 e. The van der Waals surface area contributed by atoms with E-state index in [-0.39, 0.29) is 4.90 Å². The third-order valence-electron chi connectivity index (χ3n) is 1.94. The van der Waals surface area contributed by atoms with Crippen LogP contribution < -0.4 is 0 Å². The van der Waals surface area contributed by atoms with E-state index in [9.17, 15) is 17.6 Å². The number of hydrogen-bond acceptors (Lipinski definition) is 3. The second-order valence-corrected chi connectivity index (χ2v) is 5.28. The Morgan fingerprint density at radius 2 is 1.80 bits per heavy atom. The van der Waals surface area contributed by atoms with Crippen molar-refractivity contribution in [3.05, 3.63) is 30.3 Å². The molecule has 1 rings (SSSR count). The van der Waals surface area contributed by atoms with Gasteiger partial charge in [-0.1, -0.05) is 18.2 Å². The van der Waals surface area contributed by atoms with Gasteiger partial charge >= 0.3 is 11.0 Å². The van der Waals surface area contributed by atoms with E-state index in [2.05, 4.69) is 0 Å². The van der Waals surface area contributed by atoms with Gasteiger partial charge in [0.15, 0.2) is 0 Å². The van der Waals surface area contributed by atoms with Crippen molar-refractivity contribution in [1.29, 1.82) is 0 Å². The standard InChI is InChI=1S/C9H9FO4S/c1-9(10,8(11)12)15(13,14)7-5-3-2-4-6-7/h2-6H,1H3,(H,11,12). The zero-order valence-electron chi connectivity index (χ0n) is 7.84. The lowest BCUT2D eigenvalue weighted by Gasteiger charge is -2.15. The Morgan fingerprint density at radius 1 is 1.33 bits per heavy atom. The van der Waals surface area contributed by atoms with Gasteiger partial charge in [-0.15, -0.1) is 0 Å². The smallest absolute Gasteiger partial charge is 0.357 e. The summed E-state index contributed by atoms with van der Waals surface area (Å²) in [6.07, 6.45) is 0. The topological polar surface area (TPSA) is 71.4 Å². The number of alkyl halides is 1. The lowest BCUT2D eigenvalue weighted by molar-refractivity contribution is -0.144. The SMILES string of the molecule is CC(F)(C(=O)O)S(=O)(=O)c1ccccc1. The maximum Gasteiger partial charge on any atom is 0.357 e. The van der Waals surface area contributed by atoms with Crippen molar-refractivity contribution in [2.24, 2.45) is 0 Å². The number of sulfone groups is 1. The molecule has 4 nitrogen and oxygen atoms in total. The summed E-state index contributed by atoms with van der Waals surface area (Å²) in [6, 6.07) is 6.64. The Balaban J connectivity index is 3.33. The van der Waals surface area contributed by atoms with E-state index in [1.165, 1.54) is 12.1 Å². The molecule has 0 aromatic heterocycles. The van der Waals surface area contributed by atoms with Crippen LogP contribution in [0.15, 0.2) is 35.2 Å². The predicted molar refractivity (Wildman–Crippen MR) is 50.8 cm³/mol. The van der Waals surface area contributed by atoms with Crippen LogP contribution in [0.1, 0.15) is 6.92 Å². The maximum atomic E-state index is 13.5. The van der Waals surface area contributed by atoms with Crippen LogP contribution in [-0.4, -0.2) is 24.5 Å². The minimum atomic E-state index is -4.50. The van der Waals surface area contributed by atoms with Gasteiger partial charge in [-0.05, 0) is 19.1 Å². The van der Waals surface area contributed by atoms with Crippen LogP contribution in [0.2, 0.25) is 0 Å². The van der Waals surface area contributed by atoms with Crippen molar-refractivity contribution in [1.82, 2.24) is 0 Å². The van der Waals surface area contributed by atoms with E-state index in [0.717, 1.165) is 12.1 Å². The summed E-state index contributed by atoms with van der Waals surface area (Å²) in [5, 5.41) is 5.17. The van der Waals surface area contributed by atoms with Crippen LogP contribution in [-0.2, 0) is 14.6 Å². The molecule has 0 aliphatic carbocycles. The second-order valence-electron chi connectivity index (χ2n) is 3.04. The van der Waals surface area contributed by atoms with Gasteiger partial charge in [-0.25, -0.2) is 17.6 Å². The molecule has 0 amide bonds. The van der Waals surface area contributed by atoms with Crippen LogP contribution in [0.5, 0.6) is 0 Å². The molecule has 0 spiro atoms. The summed E-state index contributed by atoms with van der Waals surface area (Å²) in [5.74, 6) is -2.02. The summed E-state index contributed by atoms with van der Waals surface area (Å²) < 4.78 is 36.6. The van der Waals surface area contributed by atoms with Crippen LogP contribution >= 0.6 is 0 Å². The fourth-order valence-corrected chi connectivity index (χ4v) is 2.12. The number of carbonyl (C=O) groups is 1. The van der Waals surface area contributed by atoms with E-state index in [1.54, 1.807) is 6.07 Å². The Hall–Kier alpha value is -1.43. The number of halogens is 1. The lowest BCUT2D eigenvalue weighted by atomic mass is 10.4. The van der Waals surface area contributed by atoms with E-state index in [1.807, 2.05) is 0 Å². The van der Waals surface area contributed by atoms with E-state index >= 15 is 0 Å². The summed E-state index contributed by atoms with van der Waals surface area (Å²) in [6.45, 7) is 0.512. The quantitative estimate of drug-likeness (QED) is 0.850. The average Bonchev–Trinajstić information content (AvgIpc) is 2.18. The highest BCUT2D eigenvalue weighted by Gasteiger charge is 2.48. The molecule has 6 heteroatoms. The van der Waals surface area contributed by atoms with Gasteiger partial charge < -0.3 is 5.11 Å². The van der Waals surface area contributed by atoms with Crippen molar-refractivity contribution in [3.8, 4) is 0 Å². The molecule has 0 saturated heterocycles. The van der Waals surface area contributed by atoms with Crippen LogP contribution in [0.25, 0.3) is 0 Å². The number of carboxylic acid groups (broad SMARTS) is 1. The summed E-state index contributed by atoms with van der Waals surface area (Å²) in [5.41, 5.74) is 0. The molecule has 0 heterocycles. The normalized spacial score (nSPS) is 15.6. The second kappa shape index (κ2) is 3.62. The number of benzene rings is 1. The van der Waals surface area contributed by atoms with Gasteiger partial charge in [-0.3, -0.25) is 0 Å². The van der Waals surface area contributed by atoms with Crippen LogP contribution in [0.4, 0.5) is 4.39 Å². The first kappa shape index (κ1) is 11.6. The van der Waals surface area contributed by atoms with Gasteiger partial charge in [0, 0.05) is 0 Å². The first-order valence-electron chi connectivity index (χ1n) is 4.02. The molecule has 0 aliphatic rings. The number of aliphatic carboxylic acids is 1. The monoisotopic (exact) mass is 232 g/mol. The maximum absolute atomic E-state index is 13.5. The van der Waals surface area contributed by atoms with E-state index in [4.69, 9.17) is 5.11 Å². The van der Waals surface area contributed by atoms with Crippen molar-refractivity contribution in [2.45, 2.75) is 16.8 Å². The molecule has 0 radical (unpaired) electrons. The van der Waals surface area contributed by atoms with Crippen molar-refractivity contribution >= 4 is 15.8 Å². The highest BCUT2D eigenvalue weighted by Crippen LogP contribution is 2.26. The van der Waals surface area contributed by atoms with Crippen molar-refractivity contribution in [3.63, 3.8) is 0 Å². The van der Waals surface area contributed by atoms with Gasteiger partial charge in [0.05, 0.1) is 4.90 Å². The fourth-order valence-electron chi connectivity index (χ4n) is 0.936. The third-order valence-corrected chi connectivity index (χ3v) is 4.02. The third kappa shape index (κ3) is 1.85. The molecule has 1 unspecified atom stereocenters. The largest absolute Gasteiger partial charge is 0.478 e. The molecular weight excluding hydrogens is 223 g/mol. The average molecular weight is 232 g/mol. The Bertz CT molecular complexity index is 464. The van der Waals surface area contributed by atoms with E-state index < -0.39 is 20.8 Å². The number of carboxylic acids is 1. The molecule has 0 saturated carbocycles. The van der Waals surface area contributed by atoms with Crippen molar-refractivity contribution in [2.75, 3.05) is 0 Å². The molecular formula is C9H9FO4S. The molecule has 0 fully saturated rings. The number of hydrogen-bond donors (Lipinski definition) is 1. The zero-order valence-corrected chi connectivity index (χ0v) is 8.66. The van der Waals surface area contributed by atoms with Crippen LogP contribution in [0, 0.1) is 0 Å². The van der Waals surface area contributed by atoms with Gasteiger partial charge in [0.1, 0.15) is 0 Å². The molecule has 1 atom stereocenters. The first-order valence-corrected chi connectivity index (χ1v) is 5.50. The van der Waals surface area contributed by atoms with Crippen molar-refractivity contribution < 1.29 is 22.7 Å². The van der Waals surface area contributed by atoms with E-state index in [0.29, 0.717) is 6.92 Å². The molecule has 15 heavy (non-hydrogen) atoms. The molecule has 0 bridgehead atoms. The van der Waals surface area contributed by atoms with Gasteiger partial charge in [0.25, 0.3) is 0 Å². The molecule has 1 aromatic rings. The Morgan fingerprint density at radius 3 is 2.20 bits per heavy atom. The summed E-state index contributed by atoms with van der Waals surface area (Å²) in [4.78, 5) is 10.1. The molecule has 1 N–H and O–H groups in total. The van der Waals surface area contributed by atoms with Gasteiger partial charge in [-0.2, -0.15) is 0 Å². The molecule has 0 aliphatic heterocycles. The zero-order chi connectivity index (χ0) is 11.7. The number of rotatable bonds is 3. The summed E-state index contributed by atoms with van der Waals surface area (Å²) >= 11 is 0. The Kier molecular flexibility index (Phi) is 2.81. The lowest BCUT2D eigenvalue weighted by Crippen LogP contribution is -2.39. The predicted octanol–water partition coefficient (Wildman–Crippen LogP) is 1.23. The van der Waals surface area contributed by atoms with Crippen LogP contribution in [0.3, 0.4) is 0 Å². The fraction of sp³-hybridized carbons (Fsp3) is 0.222. The first-order chi connectivity index (χ1) is 6.80.